The number of aliphatic hydroxyl groups is 1. The Morgan fingerprint density at radius 2 is 2.04 bits per heavy atom. The quantitative estimate of drug-likeness (QED) is 0.894. The van der Waals surface area contributed by atoms with Crippen LogP contribution in [-0.2, 0) is 0 Å². The summed E-state index contributed by atoms with van der Waals surface area (Å²) in [5.41, 5.74) is 6.64. The molecule has 2 aromatic rings. The van der Waals surface area contributed by atoms with E-state index in [0.717, 1.165) is 17.6 Å². The standard InChI is InChI=1S/C17H22N4O2/c18-16(23)12-5-7-19-17-13(12)6-8-21(17)14-9-20(10-15(14)22)11-3-1-2-4-11/h5-8,11,14-15,22H,1-4,9-10H2,(H2,18,23)/t14-,15-/m1/s1. The highest BCUT2D eigenvalue weighted by Crippen LogP contribution is 2.32. The summed E-state index contributed by atoms with van der Waals surface area (Å²) < 4.78 is 2.00. The second-order valence-corrected chi connectivity index (χ2v) is 6.71. The third-order valence-corrected chi connectivity index (χ3v) is 5.37. The predicted octanol–water partition coefficient (Wildman–Crippen LogP) is 1.30. The number of aromatic nitrogens is 2. The molecule has 6 heteroatoms. The van der Waals surface area contributed by atoms with Gasteiger partial charge in [-0.05, 0) is 25.0 Å². The molecule has 1 saturated heterocycles. The Morgan fingerprint density at radius 1 is 1.26 bits per heavy atom. The van der Waals surface area contributed by atoms with Crippen LogP contribution in [0, 0.1) is 0 Å². The summed E-state index contributed by atoms with van der Waals surface area (Å²) in [5.74, 6) is -0.449. The van der Waals surface area contributed by atoms with Crippen LogP contribution in [0.1, 0.15) is 42.1 Å². The van der Waals surface area contributed by atoms with E-state index in [1.54, 1.807) is 12.3 Å². The Bertz CT molecular complexity index is 735. The van der Waals surface area contributed by atoms with Crippen molar-refractivity contribution in [2.45, 2.75) is 43.9 Å². The predicted molar refractivity (Wildman–Crippen MR) is 87.1 cm³/mol. The first kappa shape index (κ1) is 14.7. The molecule has 0 aromatic carbocycles. The summed E-state index contributed by atoms with van der Waals surface area (Å²) in [4.78, 5) is 18.4. The zero-order valence-electron chi connectivity index (χ0n) is 13.1. The van der Waals surface area contributed by atoms with E-state index in [1.807, 2.05) is 16.8 Å². The molecule has 3 heterocycles. The maximum absolute atomic E-state index is 11.6. The topological polar surface area (TPSA) is 84.4 Å². The second kappa shape index (κ2) is 5.62. The summed E-state index contributed by atoms with van der Waals surface area (Å²) in [6.07, 6.45) is 8.15. The largest absolute Gasteiger partial charge is 0.390 e. The maximum atomic E-state index is 11.6. The number of likely N-dealkylation sites (tertiary alicyclic amines) is 1. The van der Waals surface area contributed by atoms with Crippen LogP contribution in [-0.4, -0.2) is 50.7 Å². The van der Waals surface area contributed by atoms with Gasteiger partial charge in [-0.3, -0.25) is 9.69 Å². The molecule has 2 atom stereocenters. The molecular formula is C17H22N4O2. The van der Waals surface area contributed by atoms with Gasteiger partial charge in [0.25, 0.3) is 0 Å². The molecule has 0 unspecified atom stereocenters. The summed E-state index contributed by atoms with van der Waals surface area (Å²) in [6.45, 7) is 1.54. The minimum atomic E-state index is -0.449. The summed E-state index contributed by atoms with van der Waals surface area (Å²) in [7, 11) is 0. The number of hydrogen-bond donors (Lipinski definition) is 2. The Labute approximate surface area is 134 Å². The fraction of sp³-hybridized carbons (Fsp3) is 0.529. The fourth-order valence-electron chi connectivity index (χ4n) is 4.18. The first-order valence-electron chi connectivity index (χ1n) is 8.32. The molecule has 6 nitrogen and oxygen atoms in total. The Hall–Kier alpha value is -1.92. The summed E-state index contributed by atoms with van der Waals surface area (Å²) in [6, 6.07) is 4.09. The monoisotopic (exact) mass is 314 g/mol. The Kier molecular flexibility index (Phi) is 3.58. The van der Waals surface area contributed by atoms with Crippen molar-refractivity contribution in [3.05, 3.63) is 30.1 Å². The number of primary amides is 1. The molecule has 2 aromatic heterocycles. The van der Waals surface area contributed by atoms with Crippen molar-refractivity contribution in [3.8, 4) is 0 Å². The fourth-order valence-corrected chi connectivity index (χ4v) is 4.18. The molecular weight excluding hydrogens is 292 g/mol. The molecule has 2 fully saturated rings. The highest BCUT2D eigenvalue weighted by Gasteiger charge is 2.37. The number of pyridine rings is 1. The SMILES string of the molecule is NC(=O)c1ccnc2c1ccn2[C@@H]1CN(C2CCCC2)C[C@H]1O. The number of rotatable bonds is 3. The van der Waals surface area contributed by atoms with Crippen LogP contribution < -0.4 is 5.73 Å². The molecule has 0 spiro atoms. The number of aliphatic hydroxyl groups excluding tert-OH is 1. The second-order valence-electron chi connectivity index (χ2n) is 6.71. The third-order valence-electron chi connectivity index (χ3n) is 5.37. The van der Waals surface area contributed by atoms with Crippen molar-refractivity contribution in [2.75, 3.05) is 13.1 Å². The van der Waals surface area contributed by atoms with Gasteiger partial charge in [-0.15, -0.1) is 0 Å². The lowest BCUT2D eigenvalue weighted by molar-refractivity contribution is 0.100. The molecule has 23 heavy (non-hydrogen) atoms. The number of carbonyl (C=O) groups is 1. The van der Waals surface area contributed by atoms with E-state index < -0.39 is 12.0 Å². The van der Waals surface area contributed by atoms with Crippen LogP contribution in [0.25, 0.3) is 11.0 Å². The minimum Gasteiger partial charge on any atom is -0.390 e. The van der Waals surface area contributed by atoms with Crippen molar-refractivity contribution in [3.63, 3.8) is 0 Å². The normalized spacial score (nSPS) is 26.3. The summed E-state index contributed by atoms with van der Waals surface area (Å²) >= 11 is 0. The van der Waals surface area contributed by atoms with Crippen molar-refractivity contribution < 1.29 is 9.90 Å². The first-order valence-corrected chi connectivity index (χ1v) is 8.32. The Morgan fingerprint density at radius 3 is 2.78 bits per heavy atom. The molecule has 2 aliphatic rings. The van der Waals surface area contributed by atoms with Crippen LogP contribution in [0.5, 0.6) is 0 Å². The van der Waals surface area contributed by atoms with E-state index in [9.17, 15) is 9.90 Å². The lowest BCUT2D eigenvalue weighted by Crippen LogP contribution is -2.31. The van der Waals surface area contributed by atoms with Gasteiger partial charge in [-0.1, -0.05) is 12.8 Å². The zero-order valence-corrected chi connectivity index (χ0v) is 13.1. The third kappa shape index (κ3) is 2.42. The van der Waals surface area contributed by atoms with E-state index in [0.29, 0.717) is 18.2 Å². The van der Waals surface area contributed by atoms with Crippen LogP contribution in [0.15, 0.2) is 24.5 Å². The van der Waals surface area contributed by atoms with Crippen LogP contribution in [0.3, 0.4) is 0 Å². The summed E-state index contributed by atoms with van der Waals surface area (Å²) in [5, 5.41) is 11.3. The maximum Gasteiger partial charge on any atom is 0.249 e. The van der Waals surface area contributed by atoms with Gasteiger partial charge in [0.05, 0.1) is 17.7 Å². The van der Waals surface area contributed by atoms with E-state index in [4.69, 9.17) is 5.73 Å². The van der Waals surface area contributed by atoms with Crippen molar-refractivity contribution in [1.82, 2.24) is 14.5 Å². The molecule has 1 saturated carbocycles. The molecule has 3 N–H and O–H groups in total. The van der Waals surface area contributed by atoms with Crippen LogP contribution in [0.4, 0.5) is 0 Å². The van der Waals surface area contributed by atoms with E-state index in [2.05, 4.69) is 9.88 Å². The van der Waals surface area contributed by atoms with Gasteiger partial charge in [0, 0.05) is 36.9 Å². The number of hydrogen-bond acceptors (Lipinski definition) is 4. The van der Waals surface area contributed by atoms with Crippen LogP contribution >= 0.6 is 0 Å². The minimum absolute atomic E-state index is 0.0243. The highest BCUT2D eigenvalue weighted by molar-refractivity contribution is 6.04. The number of β-amino-alcohol motifs (C(OH)–C–C–N with tert-alkyl or cyclic N) is 1. The van der Waals surface area contributed by atoms with E-state index in [1.165, 1.54) is 25.7 Å². The van der Waals surface area contributed by atoms with Crippen LogP contribution in [0.2, 0.25) is 0 Å². The average Bonchev–Trinajstić information content (AvgIpc) is 3.24. The molecule has 122 valence electrons. The van der Waals surface area contributed by atoms with Crippen molar-refractivity contribution in [2.24, 2.45) is 5.73 Å². The van der Waals surface area contributed by atoms with Gasteiger partial charge in [0.15, 0.2) is 0 Å². The number of carbonyl (C=O) groups excluding carboxylic acids is 1. The van der Waals surface area contributed by atoms with Gasteiger partial charge < -0.3 is 15.4 Å². The molecule has 1 amide bonds. The van der Waals surface area contributed by atoms with E-state index in [-0.39, 0.29) is 6.04 Å². The highest BCUT2D eigenvalue weighted by atomic mass is 16.3. The molecule has 0 radical (unpaired) electrons. The lowest BCUT2D eigenvalue weighted by atomic mass is 10.2. The number of nitrogens with two attached hydrogens (primary N) is 1. The molecule has 4 rings (SSSR count). The van der Waals surface area contributed by atoms with Gasteiger partial charge in [0.2, 0.25) is 5.91 Å². The van der Waals surface area contributed by atoms with Gasteiger partial charge >= 0.3 is 0 Å². The lowest BCUT2D eigenvalue weighted by Gasteiger charge is -2.23. The Balaban J connectivity index is 1.66. The van der Waals surface area contributed by atoms with Gasteiger partial charge in [0.1, 0.15) is 5.65 Å². The molecule has 0 bridgehead atoms. The number of fused-ring (bicyclic) bond motifs is 1. The van der Waals surface area contributed by atoms with Gasteiger partial charge in [-0.25, -0.2) is 4.98 Å². The van der Waals surface area contributed by atoms with E-state index >= 15 is 0 Å². The number of nitrogens with zero attached hydrogens (tertiary/aromatic N) is 3. The van der Waals surface area contributed by atoms with Gasteiger partial charge in [-0.2, -0.15) is 0 Å². The van der Waals surface area contributed by atoms with Crippen molar-refractivity contribution >= 4 is 16.9 Å². The number of amides is 1. The average molecular weight is 314 g/mol. The smallest absolute Gasteiger partial charge is 0.249 e. The molecule has 1 aliphatic carbocycles. The first-order chi connectivity index (χ1) is 11.1. The van der Waals surface area contributed by atoms with Crippen molar-refractivity contribution in [1.29, 1.82) is 0 Å². The molecule has 1 aliphatic heterocycles. The zero-order chi connectivity index (χ0) is 16.0.